The van der Waals surface area contributed by atoms with E-state index in [0.717, 1.165) is 12.8 Å². The summed E-state index contributed by atoms with van der Waals surface area (Å²) in [6.07, 6.45) is 2.27. The van der Waals surface area contributed by atoms with Gasteiger partial charge in [0, 0.05) is 18.5 Å². The molecule has 0 aromatic heterocycles. The highest BCUT2D eigenvalue weighted by molar-refractivity contribution is 5.89. The molecule has 5 nitrogen and oxygen atoms in total. The lowest BCUT2D eigenvalue weighted by atomic mass is 9.87. The summed E-state index contributed by atoms with van der Waals surface area (Å²) in [5.74, 6) is -1.02. The highest BCUT2D eigenvalue weighted by Crippen LogP contribution is 2.40. The third-order valence-electron chi connectivity index (χ3n) is 5.04. The van der Waals surface area contributed by atoms with Crippen LogP contribution in [0.4, 0.5) is 0 Å². The van der Waals surface area contributed by atoms with Crippen molar-refractivity contribution in [1.82, 2.24) is 4.90 Å². The third-order valence-corrected chi connectivity index (χ3v) is 5.04. The Hall–Kier alpha value is -1.88. The van der Waals surface area contributed by atoms with Crippen LogP contribution in [-0.4, -0.2) is 48.7 Å². The van der Waals surface area contributed by atoms with Gasteiger partial charge < -0.3 is 9.47 Å². The van der Waals surface area contributed by atoms with Crippen molar-refractivity contribution in [1.29, 1.82) is 0 Å². The zero-order valence-electron chi connectivity index (χ0n) is 13.6. The lowest BCUT2D eigenvalue weighted by Crippen LogP contribution is -2.53. The van der Waals surface area contributed by atoms with Gasteiger partial charge in [-0.15, -0.1) is 0 Å². The maximum atomic E-state index is 12.4. The minimum atomic E-state index is -0.407. The molecule has 2 aliphatic rings. The first-order valence-electron chi connectivity index (χ1n) is 8.26. The molecule has 2 aliphatic heterocycles. The highest BCUT2D eigenvalue weighted by atomic mass is 16.6. The van der Waals surface area contributed by atoms with Crippen LogP contribution in [0.25, 0.3) is 0 Å². The Kier molecular flexibility index (Phi) is 4.66. The van der Waals surface area contributed by atoms with E-state index in [0.29, 0.717) is 24.6 Å². The molecule has 1 unspecified atom stereocenters. The molecule has 0 radical (unpaired) electrons. The van der Waals surface area contributed by atoms with Crippen LogP contribution in [-0.2, 0) is 14.3 Å². The zero-order chi connectivity index (χ0) is 16.4. The number of carbonyl (C=O) groups is 2. The molecule has 0 aliphatic carbocycles. The smallest absolute Gasteiger partial charge is 0.338 e. The van der Waals surface area contributed by atoms with Gasteiger partial charge in [-0.1, -0.05) is 18.2 Å². The van der Waals surface area contributed by atoms with Gasteiger partial charge in [0.1, 0.15) is 12.0 Å². The summed E-state index contributed by atoms with van der Waals surface area (Å²) in [7, 11) is 2.05. The number of hydrogen-bond donors (Lipinski definition) is 0. The lowest BCUT2D eigenvalue weighted by Gasteiger charge is -2.40. The summed E-state index contributed by atoms with van der Waals surface area (Å²) >= 11 is 0. The van der Waals surface area contributed by atoms with Gasteiger partial charge in [0.2, 0.25) is 0 Å². The van der Waals surface area contributed by atoms with E-state index in [1.807, 2.05) is 13.1 Å². The van der Waals surface area contributed by atoms with Gasteiger partial charge in [-0.2, -0.15) is 0 Å². The van der Waals surface area contributed by atoms with E-state index in [9.17, 15) is 9.59 Å². The molecule has 0 amide bonds. The van der Waals surface area contributed by atoms with E-state index in [-0.39, 0.29) is 18.0 Å². The Morgan fingerprint density at radius 3 is 2.65 bits per heavy atom. The van der Waals surface area contributed by atoms with Gasteiger partial charge in [0.05, 0.1) is 12.2 Å². The summed E-state index contributed by atoms with van der Waals surface area (Å²) < 4.78 is 11.0. The molecule has 0 N–H and O–H groups in total. The maximum Gasteiger partial charge on any atom is 0.338 e. The number of benzene rings is 1. The number of carbonyl (C=O) groups excluding carboxylic acids is 2. The molecule has 3 rings (SSSR count). The van der Waals surface area contributed by atoms with Crippen molar-refractivity contribution in [3.8, 4) is 0 Å². The molecule has 1 aromatic rings. The summed E-state index contributed by atoms with van der Waals surface area (Å²) in [6.45, 7) is 2.14. The van der Waals surface area contributed by atoms with Crippen LogP contribution in [0.3, 0.4) is 0 Å². The van der Waals surface area contributed by atoms with Crippen molar-refractivity contribution >= 4 is 11.9 Å². The first-order chi connectivity index (χ1) is 11.1. The minimum absolute atomic E-state index is 0.0985. The summed E-state index contributed by atoms with van der Waals surface area (Å²) in [5.41, 5.74) is 0.515. The van der Waals surface area contributed by atoms with E-state index in [2.05, 4.69) is 4.90 Å². The number of esters is 2. The Morgan fingerprint density at radius 2 is 1.96 bits per heavy atom. The van der Waals surface area contributed by atoms with Crippen LogP contribution in [0.15, 0.2) is 30.3 Å². The second kappa shape index (κ2) is 6.71. The molecule has 0 spiro atoms. The molecule has 124 valence electrons. The van der Waals surface area contributed by atoms with Crippen molar-refractivity contribution in [2.45, 2.75) is 44.4 Å². The number of piperidine rings is 1. The van der Waals surface area contributed by atoms with E-state index >= 15 is 0 Å². The van der Waals surface area contributed by atoms with Crippen molar-refractivity contribution in [2.75, 3.05) is 13.7 Å². The number of fused-ring (bicyclic) bond motifs is 2. The predicted molar refractivity (Wildman–Crippen MR) is 85.0 cm³/mol. The van der Waals surface area contributed by atoms with Crippen LogP contribution >= 0.6 is 0 Å². The van der Waals surface area contributed by atoms with E-state index < -0.39 is 12.0 Å². The van der Waals surface area contributed by atoms with Crippen molar-refractivity contribution < 1.29 is 19.1 Å². The van der Waals surface area contributed by atoms with Crippen LogP contribution in [0.2, 0.25) is 0 Å². The summed E-state index contributed by atoms with van der Waals surface area (Å²) in [5, 5.41) is 0. The predicted octanol–water partition coefficient (Wildman–Crippen LogP) is 2.26. The molecule has 1 aromatic carbocycles. The van der Waals surface area contributed by atoms with Crippen molar-refractivity contribution in [2.24, 2.45) is 5.92 Å². The molecule has 4 atom stereocenters. The molecular weight excluding hydrogens is 294 g/mol. The Bertz CT molecular complexity index is 574. The minimum Gasteiger partial charge on any atom is -0.466 e. The van der Waals surface area contributed by atoms with Crippen LogP contribution < -0.4 is 0 Å². The fourth-order valence-electron chi connectivity index (χ4n) is 3.87. The topological polar surface area (TPSA) is 55.8 Å². The van der Waals surface area contributed by atoms with E-state index in [4.69, 9.17) is 9.47 Å². The second-order valence-electron chi connectivity index (χ2n) is 6.29. The van der Waals surface area contributed by atoms with Crippen molar-refractivity contribution in [3.05, 3.63) is 35.9 Å². The highest BCUT2D eigenvalue weighted by Gasteiger charge is 2.51. The fourth-order valence-corrected chi connectivity index (χ4v) is 3.87. The molecule has 0 saturated carbocycles. The van der Waals surface area contributed by atoms with Crippen LogP contribution in [0.1, 0.15) is 36.5 Å². The third kappa shape index (κ3) is 3.11. The van der Waals surface area contributed by atoms with E-state index in [1.165, 1.54) is 0 Å². The summed E-state index contributed by atoms with van der Waals surface area (Å²) in [4.78, 5) is 27.0. The number of ether oxygens (including phenoxy) is 2. The van der Waals surface area contributed by atoms with Gasteiger partial charge in [-0.25, -0.2) is 4.79 Å². The Morgan fingerprint density at radius 1 is 1.22 bits per heavy atom. The largest absolute Gasteiger partial charge is 0.466 e. The number of hydrogen-bond acceptors (Lipinski definition) is 5. The summed E-state index contributed by atoms with van der Waals surface area (Å²) in [6, 6.07) is 9.39. The second-order valence-corrected chi connectivity index (χ2v) is 6.29. The molecule has 23 heavy (non-hydrogen) atoms. The van der Waals surface area contributed by atoms with Gasteiger partial charge >= 0.3 is 11.9 Å². The number of nitrogens with zero attached hydrogens (tertiary/aromatic N) is 1. The Balaban J connectivity index is 1.78. The average molecular weight is 317 g/mol. The molecular formula is C18H23NO4. The van der Waals surface area contributed by atoms with Gasteiger partial charge in [0.25, 0.3) is 0 Å². The first kappa shape index (κ1) is 16.0. The normalized spacial score (nSPS) is 30.0. The molecule has 5 heteroatoms. The molecule has 2 saturated heterocycles. The molecule has 2 heterocycles. The molecule has 2 fully saturated rings. The van der Waals surface area contributed by atoms with Crippen molar-refractivity contribution in [3.63, 3.8) is 0 Å². The zero-order valence-corrected chi connectivity index (χ0v) is 13.6. The first-order valence-corrected chi connectivity index (χ1v) is 8.26. The number of rotatable bonds is 4. The monoisotopic (exact) mass is 317 g/mol. The van der Waals surface area contributed by atoms with Gasteiger partial charge in [-0.3, -0.25) is 9.69 Å². The molecule has 2 bridgehead atoms. The standard InChI is InChI=1S/C18H23NO4/c1-3-22-18(21)16-14-10-9-13(19(14)2)11-15(16)23-17(20)12-7-5-4-6-8-12/h4-8,13-16H,3,9-11H2,1-2H3/t13-,14?,15+,16-/m1/s1. The quantitative estimate of drug-likeness (QED) is 0.797. The fraction of sp³-hybridized carbons (Fsp3) is 0.556. The average Bonchev–Trinajstić information content (AvgIpc) is 2.80. The SMILES string of the molecule is CCOC(=O)[C@@H]1C2CC[C@H](C[C@@H]1OC(=O)c1ccccc1)N2C. The van der Waals surface area contributed by atoms with Gasteiger partial charge in [-0.05, 0) is 38.9 Å². The van der Waals surface area contributed by atoms with Gasteiger partial charge in [0.15, 0.2) is 0 Å². The van der Waals surface area contributed by atoms with Crippen LogP contribution in [0, 0.1) is 5.92 Å². The Labute approximate surface area is 136 Å². The van der Waals surface area contributed by atoms with E-state index in [1.54, 1.807) is 31.2 Å². The lowest BCUT2D eigenvalue weighted by molar-refractivity contribution is -0.158. The van der Waals surface area contributed by atoms with Crippen LogP contribution in [0.5, 0.6) is 0 Å². The maximum absolute atomic E-state index is 12.4.